The first-order valence-electron chi connectivity index (χ1n) is 11.2. The number of benzene rings is 1. The summed E-state index contributed by atoms with van der Waals surface area (Å²) in [4.78, 5) is 22.4. The minimum Gasteiger partial charge on any atom is -0.352 e. The number of aromatic amines is 1. The van der Waals surface area contributed by atoms with Crippen LogP contribution in [0.25, 0.3) is 11.0 Å². The van der Waals surface area contributed by atoms with Crippen LogP contribution in [0.5, 0.6) is 0 Å². The van der Waals surface area contributed by atoms with Crippen LogP contribution in [-0.2, 0) is 18.6 Å². The van der Waals surface area contributed by atoms with Crippen molar-refractivity contribution in [3.63, 3.8) is 0 Å². The van der Waals surface area contributed by atoms with Crippen LogP contribution in [0.1, 0.15) is 52.2 Å². The molecule has 0 bridgehead atoms. The summed E-state index contributed by atoms with van der Waals surface area (Å²) in [6, 6.07) is 8.70. The number of aromatic nitrogens is 4. The van der Waals surface area contributed by atoms with Gasteiger partial charge in [0.25, 0.3) is 5.56 Å². The van der Waals surface area contributed by atoms with Crippen molar-refractivity contribution >= 4 is 17.0 Å². The van der Waals surface area contributed by atoms with Gasteiger partial charge in [-0.1, -0.05) is 38.1 Å². The van der Waals surface area contributed by atoms with E-state index in [1.807, 2.05) is 20.8 Å². The van der Waals surface area contributed by atoms with Gasteiger partial charge in [0.05, 0.1) is 11.7 Å². The number of hydrogen-bond acceptors (Lipinski definition) is 5. The van der Waals surface area contributed by atoms with Crippen molar-refractivity contribution in [2.45, 2.75) is 59.7 Å². The van der Waals surface area contributed by atoms with Gasteiger partial charge in [-0.05, 0) is 50.2 Å². The predicted octanol–water partition coefficient (Wildman–Crippen LogP) is 3.96. The second-order valence-corrected chi connectivity index (χ2v) is 10.2. The topological polar surface area (TPSA) is 78.8 Å². The lowest BCUT2D eigenvalue weighted by molar-refractivity contribution is 0.134. The highest BCUT2D eigenvalue weighted by Gasteiger charge is 2.22. The zero-order chi connectivity index (χ0) is 22.2. The number of fused-ring (bicyclic) bond motifs is 1. The summed E-state index contributed by atoms with van der Waals surface area (Å²) in [5.41, 5.74) is 2.66. The third kappa shape index (κ3) is 4.98. The van der Waals surface area contributed by atoms with E-state index in [0.717, 1.165) is 23.9 Å². The van der Waals surface area contributed by atoms with Gasteiger partial charge >= 0.3 is 0 Å². The molecule has 0 saturated carbocycles. The molecule has 1 aromatic carbocycles. The van der Waals surface area contributed by atoms with Crippen LogP contribution < -0.4 is 10.9 Å². The van der Waals surface area contributed by atoms with E-state index in [2.05, 4.69) is 63.4 Å². The molecule has 1 saturated heterocycles. The molecule has 7 nitrogen and oxygen atoms in total. The van der Waals surface area contributed by atoms with Crippen LogP contribution in [0.3, 0.4) is 0 Å². The van der Waals surface area contributed by atoms with Gasteiger partial charge in [-0.15, -0.1) is 0 Å². The molecule has 166 valence electrons. The Labute approximate surface area is 183 Å². The van der Waals surface area contributed by atoms with E-state index in [1.54, 1.807) is 10.9 Å². The third-order valence-electron chi connectivity index (χ3n) is 5.91. The van der Waals surface area contributed by atoms with Crippen LogP contribution in [0.2, 0.25) is 0 Å². The van der Waals surface area contributed by atoms with Gasteiger partial charge < -0.3 is 5.32 Å². The van der Waals surface area contributed by atoms with Crippen molar-refractivity contribution in [2.75, 3.05) is 18.4 Å². The van der Waals surface area contributed by atoms with E-state index in [1.165, 1.54) is 25.1 Å². The number of likely N-dealkylation sites (tertiary alicyclic amines) is 1. The first-order valence-corrected chi connectivity index (χ1v) is 11.2. The lowest BCUT2D eigenvalue weighted by Gasteiger charge is -2.35. The zero-order valence-electron chi connectivity index (χ0n) is 19.3. The van der Waals surface area contributed by atoms with E-state index in [4.69, 9.17) is 0 Å². The number of piperidine rings is 1. The molecule has 2 atom stereocenters. The molecule has 3 heterocycles. The van der Waals surface area contributed by atoms with Crippen molar-refractivity contribution in [1.29, 1.82) is 0 Å². The average molecular weight is 423 g/mol. The molecule has 7 heteroatoms. The molecule has 0 radical (unpaired) electrons. The van der Waals surface area contributed by atoms with Crippen LogP contribution in [0.15, 0.2) is 35.3 Å². The Balaban J connectivity index is 1.42. The number of rotatable bonds is 5. The second kappa shape index (κ2) is 8.46. The van der Waals surface area contributed by atoms with E-state index >= 15 is 0 Å². The second-order valence-electron chi connectivity index (χ2n) is 10.2. The van der Waals surface area contributed by atoms with Crippen molar-refractivity contribution in [1.82, 2.24) is 24.6 Å². The molecule has 4 rings (SSSR count). The van der Waals surface area contributed by atoms with Gasteiger partial charge in [0.1, 0.15) is 5.39 Å². The van der Waals surface area contributed by atoms with Crippen molar-refractivity contribution in [3.05, 3.63) is 51.9 Å². The largest absolute Gasteiger partial charge is 0.352 e. The van der Waals surface area contributed by atoms with Gasteiger partial charge in [-0.2, -0.15) is 10.1 Å². The quantitative estimate of drug-likeness (QED) is 0.651. The highest BCUT2D eigenvalue weighted by atomic mass is 16.1. The molecule has 1 aliphatic heterocycles. The molecule has 0 aliphatic carbocycles. The lowest BCUT2D eigenvalue weighted by Crippen LogP contribution is -2.38. The molecule has 31 heavy (non-hydrogen) atoms. The van der Waals surface area contributed by atoms with Crippen molar-refractivity contribution in [3.8, 4) is 0 Å². The average Bonchev–Trinajstić information content (AvgIpc) is 3.12. The number of hydrogen-bond donors (Lipinski definition) is 2. The summed E-state index contributed by atoms with van der Waals surface area (Å²) in [6.07, 6.45) is 2.92. The minimum atomic E-state index is -0.250. The maximum absolute atomic E-state index is 12.4. The van der Waals surface area contributed by atoms with Crippen LogP contribution in [0, 0.1) is 11.8 Å². The summed E-state index contributed by atoms with van der Waals surface area (Å²) in [6.45, 7) is 14.8. The standard InChI is InChI=1S/C24H34N6O/c1-16-10-17(2)14-29(13-16)15-19-8-6-18(7-9-19)11-25-23-27-21-20(22(31)28-23)12-26-30(21)24(3,4)5/h6-9,12,16-17H,10-11,13-15H2,1-5H3,(H2,25,27,28,31). The number of H-pyrrole nitrogens is 1. The summed E-state index contributed by atoms with van der Waals surface area (Å²) < 4.78 is 1.79. The number of nitrogens with one attached hydrogen (secondary N) is 2. The molecule has 2 N–H and O–H groups in total. The van der Waals surface area contributed by atoms with Gasteiger partial charge in [-0.25, -0.2) is 4.68 Å². The van der Waals surface area contributed by atoms with Gasteiger partial charge in [0.15, 0.2) is 5.65 Å². The Hall–Kier alpha value is -2.67. The normalized spacial score (nSPS) is 20.3. The first kappa shape index (κ1) is 21.6. The van der Waals surface area contributed by atoms with Gasteiger partial charge in [-0.3, -0.25) is 14.7 Å². The highest BCUT2D eigenvalue weighted by molar-refractivity contribution is 5.74. The van der Waals surface area contributed by atoms with Crippen LogP contribution >= 0.6 is 0 Å². The van der Waals surface area contributed by atoms with E-state index in [0.29, 0.717) is 23.5 Å². The molecule has 0 spiro atoms. The maximum atomic E-state index is 12.4. The summed E-state index contributed by atoms with van der Waals surface area (Å²) in [7, 11) is 0. The summed E-state index contributed by atoms with van der Waals surface area (Å²) in [5.74, 6) is 2.01. The fourth-order valence-corrected chi connectivity index (χ4v) is 4.62. The summed E-state index contributed by atoms with van der Waals surface area (Å²) >= 11 is 0. The van der Waals surface area contributed by atoms with Gasteiger partial charge in [0, 0.05) is 26.2 Å². The first-order chi connectivity index (χ1) is 14.7. The Bertz CT molecular complexity index is 1080. The fourth-order valence-electron chi connectivity index (χ4n) is 4.62. The zero-order valence-corrected chi connectivity index (χ0v) is 19.3. The van der Waals surface area contributed by atoms with E-state index < -0.39 is 0 Å². The van der Waals surface area contributed by atoms with Crippen LogP contribution in [0.4, 0.5) is 5.95 Å². The van der Waals surface area contributed by atoms with Crippen molar-refractivity contribution < 1.29 is 0 Å². The van der Waals surface area contributed by atoms with E-state index in [-0.39, 0.29) is 11.1 Å². The summed E-state index contributed by atoms with van der Waals surface area (Å²) in [5, 5.41) is 8.12. The molecular formula is C24H34N6O. The fraction of sp³-hybridized carbons (Fsp3) is 0.542. The minimum absolute atomic E-state index is 0.177. The Morgan fingerprint density at radius 1 is 1.10 bits per heavy atom. The molecule has 2 unspecified atom stereocenters. The van der Waals surface area contributed by atoms with Crippen LogP contribution in [-0.4, -0.2) is 37.7 Å². The Morgan fingerprint density at radius 2 is 1.74 bits per heavy atom. The molecule has 0 amide bonds. The number of nitrogens with zero attached hydrogens (tertiary/aromatic N) is 4. The van der Waals surface area contributed by atoms with E-state index in [9.17, 15) is 4.79 Å². The predicted molar refractivity (Wildman–Crippen MR) is 125 cm³/mol. The third-order valence-corrected chi connectivity index (χ3v) is 5.91. The highest BCUT2D eigenvalue weighted by Crippen LogP contribution is 2.23. The Morgan fingerprint density at radius 3 is 2.39 bits per heavy atom. The van der Waals surface area contributed by atoms with Gasteiger partial charge in [0.2, 0.25) is 5.95 Å². The molecule has 1 aliphatic rings. The Kier molecular flexibility index (Phi) is 5.88. The number of anilines is 1. The SMILES string of the molecule is CC1CC(C)CN(Cc2ccc(CNc3nc4c(cnn4C(C)(C)C)c(=O)[nH]3)cc2)C1. The smallest absolute Gasteiger partial charge is 0.263 e. The maximum Gasteiger partial charge on any atom is 0.263 e. The molecule has 2 aromatic heterocycles. The molecule has 1 fully saturated rings. The molecule has 3 aromatic rings. The lowest BCUT2D eigenvalue weighted by atomic mass is 9.91. The molecular weight excluding hydrogens is 388 g/mol. The monoisotopic (exact) mass is 422 g/mol. The van der Waals surface area contributed by atoms with Crippen molar-refractivity contribution in [2.24, 2.45) is 11.8 Å².